The number of carbonyl (C=O) groups excluding carboxylic acids is 2. The Morgan fingerprint density at radius 2 is 2.28 bits per heavy atom. The van der Waals surface area contributed by atoms with Crippen molar-refractivity contribution in [3.05, 3.63) is 30.3 Å². The minimum absolute atomic E-state index is 0.106. The van der Waals surface area contributed by atoms with Gasteiger partial charge in [0.1, 0.15) is 0 Å². The molecule has 0 spiro atoms. The van der Waals surface area contributed by atoms with Crippen LogP contribution in [0.3, 0.4) is 0 Å². The number of fused-ring (bicyclic) bond motifs is 4. The summed E-state index contributed by atoms with van der Waals surface area (Å²) in [6.07, 6.45) is 3.64. The number of nitrogens with two attached hydrogens (primary N) is 1. The zero-order valence-electron chi connectivity index (χ0n) is 13.9. The standard InChI is InChI=1S/C17H20N4O4/c1-24-17(23)20-10-6-7-11-13(8-10)21-15(22)5-3-2-4-12(18)16-19-9-14(11)25-16/h6-9,12H,2-5,18H2,1H3,(H,20,23)(H,21,22)/t12-/m0/s1. The van der Waals surface area contributed by atoms with Crippen LogP contribution >= 0.6 is 0 Å². The Morgan fingerprint density at radius 1 is 1.44 bits per heavy atom. The molecule has 1 aromatic heterocycles. The number of methoxy groups -OCH3 is 1. The topological polar surface area (TPSA) is 119 Å². The molecule has 2 heterocycles. The van der Waals surface area contributed by atoms with Gasteiger partial charge < -0.3 is 20.2 Å². The number of anilines is 2. The van der Waals surface area contributed by atoms with Crippen LogP contribution in [0.25, 0.3) is 11.3 Å². The van der Waals surface area contributed by atoms with Crippen LogP contribution < -0.4 is 16.4 Å². The third-order valence-electron chi connectivity index (χ3n) is 4.00. The molecule has 0 radical (unpaired) electrons. The Kier molecular flexibility index (Phi) is 4.99. The lowest BCUT2D eigenvalue weighted by Gasteiger charge is -2.14. The van der Waals surface area contributed by atoms with Crippen molar-refractivity contribution in [1.29, 1.82) is 0 Å². The molecule has 0 saturated carbocycles. The summed E-state index contributed by atoms with van der Waals surface area (Å²) in [5, 5.41) is 5.44. The van der Waals surface area contributed by atoms with Crippen LogP contribution in [0.5, 0.6) is 0 Å². The molecule has 2 amide bonds. The van der Waals surface area contributed by atoms with E-state index in [2.05, 4.69) is 20.4 Å². The quantitative estimate of drug-likeness (QED) is 0.731. The van der Waals surface area contributed by atoms with E-state index in [0.717, 1.165) is 12.8 Å². The number of amides is 2. The molecule has 0 fully saturated rings. The van der Waals surface area contributed by atoms with Crippen LogP contribution in [0, 0.1) is 0 Å². The molecule has 8 nitrogen and oxygen atoms in total. The normalized spacial score (nSPS) is 17.5. The van der Waals surface area contributed by atoms with Gasteiger partial charge in [-0.05, 0) is 31.0 Å². The molecule has 2 bridgehead atoms. The number of nitrogens with zero attached hydrogens (tertiary/aromatic N) is 1. The highest BCUT2D eigenvalue weighted by atomic mass is 16.5. The Balaban J connectivity index is 2.00. The van der Waals surface area contributed by atoms with E-state index < -0.39 is 6.09 Å². The molecule has 132 valence electrons. The Bertz CT molecular complexity index is 787. The third kappa shape index (κ3) is 3.97. The molecule has 1 aromatic carbocycles. The zero-order valence-corrected chi connectivity index (χ0v) is 13.9. The fourth-order valence-electron chi connectivity index (χ4n) is 2.68. The molecule has 3 rings (SSSR count). The average molecular weight is 344 g/mol. The van der Waals surface area contributed by atoms with Gasteiger partial charge in [-0.25, -0.2) is 9.78 Å². The van der Waals surface area contributed by atoms with Crippen molar-refractivity contribution >= 4 is 23.4 Å². The number of hydrogen-bond acceptors (Lipinski definition) is 6. The van der Waals surface area contributed by atoms with Gasteiger partial charge in [-0.15, -0.1) is 0 Å². The molecular weight excluding hydrogens is 324 g/mol. The van der Waals surface area contributed by atoms with Gasteiger partial charge >= 0.3 is 6.09 Å². The molecule has 1 aliphatic rings. The smallest absolute Gasteiger partial charge is 0.411 e. The fraction of sp³-hybridized carbons (Fsp3) is 0.353. The maximum atomic E-state index is 12.2. The Morgan fingerprint density at radius 3 is 3.08 bits per heavy atom. The number of ether oxygens (including phenoxy) is 1. The van der Waals surface area contributed by atoms with Crippen LogP contribution in [-0.4, -0.2) is 24.1 Å². The first-order valence-corrected chi connectivity index (χ1v) is 8.07. The summed E-state index contributed by atoms with van der Waals surface area (Å²) in [5.74, 6) is 0.876. The summed E-state index contributed by atoms with van der Waals surface area (Å²) < 4.78 is 10.4. The van der Waals surface area contributed by atoms with Crippen LogP contribution in [0.4, 0.5) is 16.2 Å². The predicted molar refractivity (Wildman–Crippen MR) is 92.0 cm³/mol. The fourth-order valence-corrected chi connectivity index (χ4v) is 2.68. The summed E-state index contributed by atoms with van der Waals surface area (Å²) >= 11 is 0. The Labute approximate surface area is 144 Å². The van der Waals surface area contributed by atoms with E-state index in [1.165, 1.54) is 7.11 Å². The van der Waals surface area contributed by atoms with Crippen molar-refractivity contribution in [2.45, 2.75) is 31.7 Å². The molecule has 8 heteroatoms. The molecule has 1 atom stereocenters. The molecule has 2 aromatic rings. The van der Waals surface area contributed by atoms with Crippen LogP contribution in [0.15, 0.2) is 28.8 Å². The monoisotopic (exact) mass is 344 g/mol. The van der Waals surface area contributed by atoms with Gasteiger partial charge in [-0.1, -0.05) is 6.42 Å². The van der Waals surface area contributed by atoms with E-state index in [0.29, 0.717) is 41.4 Å². The molecule has 25 heavy (non-hydrogen) atoms. The van der Waals surface area contributed by atoms with Crippen molar-refractivity contribution in [2.75, 3.05) is 17.7 Å². The average Bonchev–Trinajstić information content (AvgIpc) is 3.08. The van der Waals surface area contributed by atoms with Gasteiger partial charge in [0.15, 0.2) is 5.76 Å². The highest BCUT2D eigenvalue weighted by molar-refractivity contribution is 5.96. The second-order valence-electron chi connectivity index (χ2n) is 5.84. The summed E-state index contributed by atoms with van der Waals surface area (Å²) in [4.78, 5) is 27.8. The second-order valence-corrected chi connectivity index (χ2v) is 5.84. The van der Waals surface area contributed by atoms with Crippen LogP contribution in [-0.2, 0) is 9.53 Å². The third-order valence-corrected chi connectivity index (χ3v) is 4.00. The maximum absolute atomic E-state index is 12.2. The van der Waals surface area contributed by atoms with Crippen molar-refractivity contribution < 1.29 is 18.7 Å². The first kappa shape index (κ1) is 17.0. The highest BCUT2D eigenvalue weighted by Gasteiger charge is 2.19. The largest absolute Gasteiger partial charge is 0.453 e. The minimum Gasteiger partial charge on any atom is -0.453 e. The van der Waals surface area contributed by atoms with Crippen LogP contribution in [0.1, 0.15) is 37.6 Å². The molecule has 1 aliphatic heterocycles. The lowest BCUT2D eigenvalue weighted by molar-refractivity contribution is -0.116. The summed E-state index contributed by atoms with van der Waals surface area (Å²) in [7, 11) is 1.28. The second kappa shape index (κ2) is 7.35. The number of carbonyl (C=O) groups is 2. The summed E-state index contributed by atoms with van der Waals surface area (Å²) in [5.41, 5.74) is 7.77. The summed E-state index contributed by atoms with van der Waals surface area (Å²) in [6.45, 7) is 0. The van der Waals surface area contributed by atoms with E-state index in [-0.39, 0.29) is 11.9 Å². The first-order valence-electron chi connectivity index (χ1n) is 8.07. The Hall–Kier alpha value is -2.87. The van der Waals surface area contributed by atoms with Crippen molar-refractivity contribution in [3.8, 4) is 11.3 Å². The number of nitrogens with one attached hydrogen (secondary N) is 2. The van der Waals surface area contributed by atoms with E-state index in [4.69, 9.17) is 10.2 Å². The zero-order chi connectivity index (χ0) is 17.8. The number of oxazole rings is 1. The molecule has 0 aliphatic carbocycles. The van der Waals surface area contributed by atoms with E-state index in [9.17, 15) is 9.59 Å². The van der Waals surface area contributed by atoms with Crippen LogP contribution in [0.2, 0.25) is 0 Å². The maximum Gasteiger partial charge on any atom is 0.411 e. The van der Waals surface area contributed by atoms with Crippen molar-refractivity contribution in [3.63, 3.8) is 0 Å². The number of aromatic nitrogens is 1. The predicted octanol–water partition coefficient (Wildman–Crippen LogP) is 3.03. The van der Waals surface area contributed by atoms with E-state index in [1.54, 1.807) is 24.4 Å². The lowest BCUT2D eigenvalue weighted by atomic mass is 10.1. The number of rotatable bonds is 1. The highest BCUT2D eigenvalue weighted by Crippen LogP contribution is 2.33. The van der Waals surface area contributed by atoms with Gasteiger partial charge in [0, 0.05) is 17.7 Å². The van der Waals surface area contributed by atoms with E-state index >= 15 is 0 Å². The molecule has 0 saturated heterocycles. The number of benzene rings is 1. The number of hydrogen-bond donors (Lipinski definition) is 3. The van der Waals surface area contributed by atoms with Crippen molar-refractivity contribution in [1.82, 2.24) is 4.98 Å². The molecule has 4 N–H and O–H groups in total. The minimum atomic E-state index is -0.590. The summed E-state index contributed by atoms with van der Waals surface area (Å²) in [6, 6.07) is 4.79. The molecule has 0 unspecified atom stereocenters. The van der Waals surface area contributed by atoms with Gasteiger partial charge in [0.05, 0.1) is 25.0 Å². The van der Waals surface area contributed by atoms with Gasteiger partial charge in [-0.3, -0.25) is 10.1 Å². The SMILES string of the molecule is COC(=O)Nc1ccc2c(c1)NC(=O)CCCC[C@H](N)c1ncc-2o1. The lowest BCUT2D eigenvalue weighted by Crippen LogP contribution is -2.15. The van der Waals surface area contributed by atoms with Gasteiger partial charge in [-0.2, -0.15) is 0 Å². The van der Waals surface area contributed by atoms with Crippen molar-refractivity contribution in [2.24, 2.45) is 5.73 Å². The van der Waals surface area contributed by atoms with Gasteiger partial charge in [0.25, 0.3) is 0 Å². The van der Waals surface area contributed by atoms with Gasteiger partial charge in [0.2, 0.25) is 11.8 Å². The molecular formula is C17H20N4O4. The first-order chi connectivity index (χ1) is 12.1. The van der Waals surface area contributed by atoms with E-state index in [1.807, 2.05) is 0 Å².